The molecule has 0 heterocycles. The maximum atomic E-state index is 3.70. The number of hydrogen-bond acceptors (Lipinski definition) is 1. The second-order valence-electron chi connectivity index (χ2n) is 5.52. The van der Waals surface area contributed by atoms with Gasteiger partial charge in [-0.1, -0.05) is 48.5 Å². The highest BCUT2D eigenvalue weighted by Crippen LogP contribution is 2.24. The lowest BCUT2D eigenvalue weighted by molar-refractivity contribution is 0.457. The van der Waals surface area contributed by atoms with Gasteiger partial charge in [0, 0.05) is 12.6 Å². The summed E-state index contributed by atoms with van der Waals surface area (Å²) in [4.78, 5) is 0. The van der Waals surface area contributed by atoms with Gasteiger partial charge in [0.2, 0.25) is 0 Å². The van der Waals surface area contributed by atoms with Crippen molar-refractivity contribution in [3.05, 3.63) is 70.8 Å². The molecule has 1 atom stereocenters. The van der Waals surface area contributed by atoms with Crippen molar-refractivity contribution in [3.8, 4) is 0 Å². The monoisotopic (exact) mass is 251 g/mol. The largest absolute Gasteiger partial charge is 0.310 e. The zero-order chi connectivity index (χ0) is 13.1. The van der Waals surface area contributed by atoms with Gasteiger partial charge in [0.15, 0.2) is 0 Å². The fraction of sp³-hybridized carbons (Fsp3) is 0.333. The molecule has 0 aromatic heterocycles. The predicted octanol–water partition coefficient (Wildman–Crippen LogP) is 3.64. The summed E-state index contributed by atoms with van der Waals surface area (Å²) in [6, 6.07) is 18.0. The van der Waals surface area contributed by atoms with Gasteiger partial charge >= 0.3 is 0 Å². The van der Waals surface area contributed by atoms with E-state index in [4.69, 9.17) is 0 Å². The maximum Gasteiger partial charge on any atom is 0.0208 e. The number of aryl methyl sites for hydroxylation is 1. The normalized spacial score (nSPS) is 18.1. The minimum Gasteiger partial charge on any atom is -0.310 e. The molecule has 19 heavy (non-hydrogen) atoms. The van der Waals surface area contributed by atoms with Crippen LogP contribution < -0.4 is 5.32 Å². The van der Waals surface area contributed by atoms with Gasteiger partial charge in [-0.2, -0.15) is 0 Å². The molecule has 0 amide bonds. The molecule has 0 fully saturated rings. The molecule has 1 nitrogen and oxygen atoms in total. The second-order valence-corrected chi connectivity index (χ2v) is 5.52. The molecule has 98 valence electrons. The van der Waals surface area contributed by atoms with Gasteiger partial charge in [-0.3, -0.25) is 0 Å². The van der Waals surface area contributed by atoms with Gasteiger partial charge in [0.25, 0.3) is 0 Å². The van der Waals surface area contributed by atoms with Gasteiger partial charge in [0.05, 0.1) is 0 Å². The van der Waals surface area contributed by atoms with Gasteiger partial charge < -0.3 is 5.32 Å². The zero-order valence-corrected chi connectivity index (χ0v) is 11.5. The first kappa shape index (κ1) is 12.4. The Balaban J connectivity index is 1.63. The van der Waals surface area contributed by atoms with Crippen molar-refractivity contribution >= 4 is 0 Å². The summed E-state index contributed by atoms with van der Waals surface area (Å²) >= 11 is 0. The van der Waals surface area contributed by atoms with E-state index in [-0.39, 0.29) is 0 Å². The number of rotatable bonds is 3. The van der Waals surface area contributed by atoms with Crippen molar-refractivity contribution in [1.82, 2.24) is 5.32 Å². The van der Waals surface area contributed by atoms with Crippen molar-refractivity contribution in [2.45, 2.75) is 38.8 Å². The van der Waals surface area contributed by atoms with Crippen molar-refractivity contribution in [1.29, 1.82) is 0 Å². The molecule has 1 aliphatic carbocycles. The molecular weight excluding hydrogens is 230 g/mol. The molecule has 0 unspecified atom stereocenters. The Hall–Kier alpha value is -1.60. The number of fused-ring (bicyclic) bond motifs is 1. The average Bonchev–Trinajstić information content (AvgIpc) is 2.46. The second kappa shape index (κ2) is 5.58. The summed E-state index contributed by atoms with van der Waals surface area (Å²) in [5.41, 5.74) is 5.95. The molecule has 1 heteroatoms. The minimum absolute atomic E-state index is 0.620. The van der Waals surface area contributed by atoms with E-state index >= 15 is 0 Å². The smallest absolute Gasteiger partial charge is 0.0208 e. The fourth-order valence-electron chi connectivity index (χ4n) is 3.03. The Morgan fingerprint density at radius 3 is 2.74 bits per heavy atom. The van der Waals surface area contributed by atoms with Crippen molar-refractivity contribution < 1.29 is 0 Å². The van der Waals surface area contributed by atoms with Crippen molar-refractivity contribution in [3.63, 3.8) is 0 Å². The summed E-state index contributed by atoms with van der Waals surface area (Å²) in [5, 5.41) is 3.70. The average molecular weight is 251 g/mol. The van der Waals surface area contributed by atoms with E-state index < -0.39 is 0 Å². The molecular formula is C18H21N. The van der Waals surface area contributed by atoms with Gasteiger partial charge in [-0.25, -0.2) is 0 Å². The predicted molar refractivity (Wildman–Crippen MR) is 80.3 cm³/mol. The van der Waals surface area contributed by atoms with Crippen LogP contribution in [0.2, 0.25) is 0 Å². The molecule has 0 saturated carbocycles. The SMILES string of the molecule is Cc1cccc2c1CC[C@@H](NCc1ccccc1)C2. The number of benzene rings is 2. The van der Waals surface area contributed by atoms with Crippen LogP contribution in [0.15, 0.2) is 48.5 Å². The topological polar surface area (TPSA) is 12.0 Å². The summed E-state index contributed by atoms with van der Waals surface area (Å²) in [6.45, 7) is 3.21. The van der Waals surface area contributed by atoms with E-state index in [0.717, 1.165) is 6.54 Å². The molecule has 0 radical (unpaired) electrons. The molecule has 2 aromatic rings. The van der Waals surface area contributed by atoms with E-state index in [1.807, 2.05) is 0 Å². The zero-order valence-electron chi connectivity index (χ0n) is 11.5. The van der Waals surface area contributed by atoms with Crippen molar-refractivity contribution in [2.75, 3.05) is 0 Å². The first-order chi connectivity index (χ1) is 9.33. The Labute approximate surface area is 115 Å². The lowest BCUT2D eigenvalue weighted by atomic mass is 9.86. The van der Waals surface area contributed by atoms with Crippen molar-refractivity contribution in [2.24, 2.45) is 0 Å². The number of hydrogen-bond donors (Lipinski definition) is 1. The summed E-state index contributed by atoms with van der Waals surface area (Å²) < 4.78 is 0. The highest BCUT2D eigenvalue weighted by molar-refractivity contribution is 5.37. The van der Waals surface area contributed by atoms with Crippen LogP contribution in [-0.4, -0.2) is 6.04 Å². The minimum atomic E-state index is 0.620. The van der Waals surface area contributed by atoms with Crippen LogP contribution in [0.4, 0.5) is 0 Å². The summed E-state index contributed by atoms with van der Waals surface area (Å²) in [7, 11) is 0. The lowest BCUT2D eigenvalue weighted by Gasteiger charge is -2.26. The van der Waals surface area contributed by atoms with Crippen LogP contribution in [0.1, 0.15) is 28.7 Å². The quantitative estimate of drug-likeness (QED) is 0.878. The third-order valence-electron chi connectivity index (χ3n) is 4.15. The van der Waals surface area contributed by atoms with Crippen LogP contribution in [0.3, 0.4) is 0 Å². The highest BCUT2D eigenvalue weighted by Gasteiger charge is 2.18. The van der Waals surface area contributed by atoms with Crippen LogP contribution >= 0.6 is 0 Å². The summed E-state index contributed by atoms with van der Waals surface area (Å²) in [5.74, 6) is 0. The van der Waals surface area contributed by atoms with Crippen LogP contribution in [0.5, 0.6) is 0 Å². The van der Waals surface area contributed by atoms with E-state index in [0.29, 0.717) is 6.04 Å². The van der Waals surface area contributed by atoms with Crippen LogP contribution in [-0.2, 0) is 19.4 Å². The Kier molecular flexibility index (Phi) is 3.65. The molecule has 0 bridgehead atoms. The highest BCUT2D eigenvalue weighted by atomic mass is 14.9. The Morgan fingerprint density at radius 1 is 1.05 bits per heavy atom. The van der Waals surface area contributed by atoms with Crippen LogP contribution in [0.25, 0.3) is 0 Å². The van der Waals surface area contributed by atoms with E-state index in [9.17, 15) is 0 Å². The third kappa shape index (κ3) is 2.87. The van der Waals surface area contributed by atoms with E-state index in [1.54, 1.807) is 5.56 Å². The molecule has 1 aliphatic rings. The molecule has 0 spiro atoms. The third-order valence-corrected chi connectivity index (χ3v) is 4.15. The lowest BCUT2D eigenvalue weighted by Crippen LogP contribution is -2.34. The van der Waals surface area contributed by atoms with E-state index in [2.05, 4.69) is 60.8 Å². The fourth-order valence-corrected chi connectivity index (χ4v) is 3.03. The maximum absolute atomic E-state index is 3.70. The first-order valence-corrected chi connectivity index (χ1v) is 7.17. The Bertz CT molecular complexity index is 545. The van der Waals surface area contributed by atoms with Gasteiger partial charge in [0.1, 0.15) is 0 Å². The number of nitrogens with one attached hydrogen (secondary N) is 1. The molecule has 0 aliphatic heterocycles. The van der Waals surface area contributed by atoms with Gasteiger partial charge in [-0.15, -0.1) is 0 Å². The summed E-state index contributed by atoms with van der Waals surface area (Å²) in [6.07, 6.45) is 3.64. The standard InChI is InChI=1S/C18H21N/c1-14-6-5-9-16-12-17(10-11-18(14)16)19-13-15-7-3-2-4-8-15/h2-9,17,19H,10-13H2,1H3/t17-/m1/s1. The molecule has 3 rings (SSSR count). The molecule has 0 saturated heterocycles. The Morgan fingerprint density at radius 2 is 1.89 bits per heavy atom. The first-order valence-electron chi connectivity index (χ1n) is 7.17. The molecule has 2 aromatic carbocycles. The van der Waals surface area contributed by atoms with Crippen LogP contribution in [0, 0.1) is 6.92 Å². The van der Waals surface area contributed by atoms with Gasteiger partial charge in [-0.05, 0) is 48.4 Å². The molecule has 1 N–H and O–H groups in total. The van der Waals surface area contributed by atoms with E-state index in [1.165, 1.54) is 36.0 Å².